The fourth-order valence-corrected chi connectivity index (χ4v) is 1.70. The summed E-state index contributed by atoms with van der Waals surface area (Å²) in [7, 11) is 1.74. The van der Waals surface area contributed by atoms with Crippen molar-refractivity contribution >= 4 is 29.1 Å². The maximum atomic E-state index is 12.1. The van der Waals surface area contributed by atoms with Crippen LogP contribution < -0.4 is 0 Å². The third-order valence-corrected chi connectivity index (χ3v) is 3.12. The van der Waals surface area contributed by atoms with Crippen molar-refractivity contribution in [3.05, 3.63) is 34.3 Å². The molecule has 0 fully saturated rings. The Balaban J connectivity index is 2.54. The second-order valence-electron chi connectivity index (χ2n) is 3.99. The number of benzene rings is 1. The largest absolute Gasteiger partial charge is 0.378 e. The van der Waals surface area contributed by atoms with Crippen LogP contribution >= 0.6 is 23.2 Å². The van der Waals surface area contributed by atoms with Gasteiger partial charge < -0.3 is 9.64 Å². The van der Waals surface area contributed by atoms with Crippen molar-refractivity contribution in [1.82, 2.24) is 4.90 Å². The third kappa shape index (κ3) is 4.48. The second-order valence-corrected chi connectivity index (χ2v) is 4.78. The molecule has 0 aliphatic rings. The molecule has 1 aromatic rings. The number of halogens is 2. The molecule has 1 aromatic carbocycles. The van der Waals surface area contributed by atoms with Crippen molar-refractivity contribution in [1.29, 1.82) is 0 Å². The lowest BCUT2D eigenvalue weighted by Crippen LogP contribution is -2.30. The van der Waals surface area contributed by atoms with Gasteiger partial charge in [0.1, 0.15) is 0 Å². The number of aryl methyl sites for hydroxylation is 1. The number of amides is 1. The Hall–Kier alpha value is -0.770. The van der Waals surface area contributed by atoms with Crippen molar-refractivity contribution < 1.29 is 9.53 Å². The van der Waals surface area contributed by atoms with Crippen LogP contribution in [0.3, 0.4) is 0 Å². The van der Waals surface area contributed by atoms with E-state index in [0.717, 1.165) is 5.56 Å². The molecule has 0 bridgehead atoms. The SMILES string of the molecule is Cc1ccc(C(=O)N(C)CCOCCCl)cc1Cl. The quantitative estimate of drug-likeness (QED) is 0.595. The smallest absolute Gasteiger partial charge is 0.253 e. The summed E-state index contributed by atoms with van der Waals surface area (Å²) in [6.07, 6.45) is 0. The van der Waals surface area contributed by atoms with E-state index in [1.807, 2.05) is 13.0 Å². The normalized spacial score (nSPS) is 10.4. The van der Waals surface area contributed by atoms with Gasteiger partial charge in [0.2, 0.25) is 0 Å². The molecule has 18 heavy (non-hydrogen) atoms. The molecule has 3 nitrogen and oxygen atoms in total. The lowest BCUT2D eigenvalue weighted by Gasteiger charge is -2.17. The topological polar surface area (TPSA) is 29.5 Å². The van der Waals surface area contributed by atoms with Crippen LogP contribution in [0.25, 0.3) is 0 Å². The van der Waals surface area contributed by atoms with Gasteiger partial charge in [-0.05, 0) is 24.6 Å². The molecule has 1 amide bonds. The van der Waals surface area contributed by atoms with Crippen LogP contribution in [-0.2, 0) is 4.74 Å². The molecule has 0 spiro atoms. The highest BCUT2D eigenvalue weighted by atomic mass is 35.5. The van der Waals surface area contributed by atoms with Crippen LogP contribution in [0, 0.1) is 6.92 Å². The molecule has 0 radical (unpaired) electrons. The maximum Gasteiger partial charge on any atom is 0.253 e. The minimum atomic E-state index is -0.0635. The zero-order valence-electron chi connectivity index (χ0n) is 10.6. The van der Waals surface area contributed by atoms with Crippen molar-refractivity contribution in [3.8, 4) is 0 Å². The molecule has 0 N–H and O–H groups in total. The number of carbonyl (C=O) groups is 1. The molecule has 0 unspecified atom stereocenters. The van der Waals surface area contributed by atoms with Crippen LogP contribution in [0.15, 0.2) is 18.2 Å². The van der Waals surface area contributed by atoms with E-state index in [1.54, 1.807) is 24.1 Å². The summed E-state index contributed by atoms with van der Waals surface area (Å²) >= 11 is 11.5. The minimum Gasteiger partial charge on any atom is -0.378 e. The number of rotatable bonds is 6. The van der Waals surface area contributed by atoms with Crippen LogP contribution in [0.2, 0.25) is 5.02 Å². The molecule has 0 aromatic heterocycles. The van der Waals surface area contributed by atoms with Gasteiger partial charge >= 0.3 is 0 Å². The highest BCUT2D eigenvalue weighted by Gasteiger charge is 2.12. The average Bonchev–Trinajstić information content (AvgIpc) is 2.37. The van der Waals surface area contributed by atoms with E-state index in [4.69, 9.17) is 27.9 Å². The Morgan fingerprint density at radius 1 is 1.39 bits per heavy atom. The van der Waals surface area contributed by atoms with E-state index in [9.17, 15) is 4.79 Å². The third-order valence-electron chi connectivity index (χ3n) is 2.56. The highest BCUT2D eigenvalue weighted by Crippen LogP contribution is 2.17. The lowest BCUT2D eigenvalue weighted by atomic mass is 10.1. The summed E-state index contributed by atoms with van der Waals surface area (Å²) in [5.41, 5.74) is 1.55. The number of ether oxygens (including phenoxy) is 1. The van der Waals surface area contributed by atoms with Crippen LogP contribution in [-0.4, -0.2) is 43.5 Å². The molecular formula is C13H17Cl2NO2. The number of hydrogen-bond donors (Lipinski definition) is 0. The van der Waals surface area contributed by atoms with E-state index in [1.165, 1.54) is 0 Å². The summed E-state index contributed by atoms with van der Waals surface area (Å²) in [6.45, 7) is 3.41. The average molecular weight is 290 g/mol. The summed E-state index contributed by atoms with van der Waals surface area (Å²) in [4.78, 5) is 13.7. The molecule has 0 saturated carbocycles. The van der Waals surface area contributed by atoms with E-state index >= 15 is 0 Å². The van der Waals surface area contributed by atoms with E-state index < -0.39 is 0 Å². The Morgan fingerprint density at radius 3 is 2.72 bits per heavy atom. The van der Waals surface area contributed by atoms with Gasteiger partial charge in [0.25, 0.3) is 5.91 Å². The number of carbonyl (C=O) groups excluding carboxylic acids is 1. The zero-order valence-corrected chi connectivity index (χ0v) is 12.1. The Labute approximate surface area is 118 Å². The fraction of sp³-hybridized carbons (Fsp3) is 0.462. The number of alkyl halides is 1. The lowest BCUT2D eigenvalue weighted by molar-refractivity contribution is 0.0712. The maximum absolute atomic E-state index is 12.1. The first-order valence-electron chi connectivity index (χ1n) is 5.71. The van der Waals surface area contributed by atoms with Gasteiger partial charge in [0.05, 0.1) is 13.2 Å². The minimum absolute atomic E-state index is 0.0635. The summed E-state index contributed by atoms with van der Waals surface area (Å²) in [5, 5.41) is 0.604. The predicted octanol–water partition coefficient (Wildman–Crippen LogP) is 2.98. The molecule has 100 valence electrons. The van der Waals surface area contributed by atoms with Crippen LogP contribution in [0.5, 0.6) is 0 Å². The van der Waals surface area contributed by atoms with Gasteiger partial charge in [-0.2, -0.15) is 0 Å². The first-order chi connectivity index (χ1) is 8.56. The molecular weight excluding hydrogens is 273 g/mol. The summed E-state index contributed by atoms with van der Waals surface area (Å²) in [6, 6.07) is 5.31. The van der Waals surface area contributed by atoms with Gasteiger partial charge in [0.15, 0.2) is 0 Å². The van der Waals surface area contributed by atoms with Crippen molar-refractivity contribution in [3.63, 3.8) is 0 Å². The van der Waals surface area contributed by atoms with Crippen LogP contribution in [0.1, 0.15) is 15.9 Å². The van der Waals surface area contributed by atoms with Crippen molar-refractivity contribution in [2.75, 3.05) is 32.7 Å². The molecule has 1 rings (SSSR count). The molecule has 0 aliphatic heterocycles. The molecule has 5 heteroatoms. The van der Waals surface area contributed by atoms with Crippen molar-refractivity contribution in [2.24, 2.45) is 0 Å². The van der Waals surface area contributed by atoms with Crippen molar-refractivity contribution in [2.45, 2.75) is 6.92 Å². The fourth-order valence-electron chi connectivity index (χ4n) is 1.41. The predicted molar refractivity (Wildman–Crippen MR) is 74.7 cm³/mol. The Bertz CT molecular complexity index is 410. The van der Waals surface area contributed by atoms with Crippen LogP contribution in [0.4, 0.5) is 0 Å². The van der Waals surface area contributed by atoms with Gasteiger partial charge in [-0.15, -0.1) is 11.6 Å². The number of nitrogens with zero attached hydrogens (tertiary/aromatic N) is 1. The number of likely N-dealkylation sites (N-methyl/N-ethyl adjacent to an activating group) is 1. The molecule has 0 aliphatic carbocycles. The highest BCUT2D eigenvalue weighted by molar-refractivity contribution is 6.31. The monoisotopic (exact) mass is 289 g/mol. The van der Waals surface area contributed by atoms with Gasteiger partial charge in [0, 0.05) is 30.1 Å². The molecule has 0 atom stereocenters. The standard InChI is InChI=1S/C13H17Cl2NO2/c1-10-3-4-11(9-12(10)15)13(17)16(2)6-8-18-7-5-14/h3-4,9H,5-8H2,1-2H3. The first-order valence-corrected chi connectivity index (χ1v) is 6.63. The van der Waals surface area contributed by atoms with Gasteiger partial charge in [-0.3, -0.25) is 4.79 Å². The van der Waals surface area contributed by atoms with E-state index in [0.29, 0.717) is 36.2 Å². The Morgan fingerprint density at radius 2 is 2.11 bits per heavy atom. The Kier molecular flexibility index (Phi) is 6.47. The van der Waals surface area contributed by atoms with Gasteiger partial charge in [-0.1, -0.05) is 17.7 Å². The van der Waals surface area contributed by atoms with E-state index in [-0.39, 0.29) is 5.91 Å². The molecule has 0 saturated heterocycles. The zero-order chi connectivity index (χ0) is 13.5. The van der Waals surface area contributed by atoms with E-state index in [2.05, 4.69) is 0 Å². The number of hydrogen-bond acceptors (Lipinski definition) is 2. The van der Waals surface area contributed by atoms with Gasteiger partial charge in [-0.25, -0.2) is 0 Å². The molecule has 0 heterocycles. The summed E-state index contributed by atoms with van der Waals surface area (Å²) < 4.78 is 5.23. The summed E-state index contributed by atoms with van der Waals surface area (Å²) in [5.74, 6) is 0.400. The second kappa shape index (κ2) is 7.62. The first kappa shape index (κ1) is 15.3.